The van der Waals surface area contributed by atoms with Gasteiger partial charge in [-0.25, -0.2) is 8.42 Å². The van der Waals surface area contributed by atoms with E-state index in [1.165, 1.54) is 4.31 Å². The first-order valence-corrected chi connectivity index (χ1v) is 11.2. The van der Waals surface area contributed by atoms with E-state index in [4.69, 9.17) is 4.74 Å². The molecule has 27 heavy (non-hydrogen) atoms. The van der Waals surface area contributed by atoms with Crippen LogP contribution in [-0.2, 0) is 32.7 Å². The number of hydrogen-bond donors (Lipinski definition) is 0. The predicted octanol–water partition coefficient (Wildman–Crippen LogP) is 1.53. The minimum atomic E-state index is -3.59. The molecule has 150 valence electrons. The number of fused-ring (bicyclic) bond motifs is 3. The highest BCUT2D eigenvalue weighted by Gasteiger charge is 2.65. The Morgan fingerprint density at radius 3 is 2.63 bits per heavy atom. The van der Waals surface area contributed by atoms with Crippen molar-refractivity contribution in [3.8, 4) is 0 Å². The van der Waals surface area contributed by atoms with Crippen LogP contribution in [0, 0.1) is 16.7 Å². The Kier molecular flexibility index (Phi) is 4.29. The topological polar surface area (TPSA) is 94.4 Å². The predicted molar refractivity (Wildman–Crippen MR) is 98.2 cm³/mol. The molecular formula is C18H28N4O4S. The molecule has 0 amide bonds. The molecule has 3 aliphatic rings. The Bertz CT molecular complexity index is 878. The summed E-state index contributed by atoms with van der Waals surface area (Å²) in [5, 5.41) is 8.31. The van der Waals surface area contributed by atoms with Crippen LogP contribution in [-0.4, -0.2) is 52.7 Å². The van der Waals surface area contributed by atoms with E-state index in [0.29, 0.717) is 43.6 Å². The molecule has 2 saturated carbocycles. The molecular weight excluding hydrogens is 368 g/mol. The van der Waals surface area contributed by atoms with E-state index in [2.05, 4.69) is 24.0 Å². The number of carbonyl (C=O) groups excluding carboxylic acids is 1. The average Bonchev–Trinajstić information content (AvgIpc) is 3.15. The number of hydrogen-bond acceptors (Lipinski definition) is 6. The van der Waals surface area contributed by atoms with E-state index in [0.717, 1.165) is 6.42 Å². The Morgan fingerprint density at radius 1 is 1.30 bits per heavy atom. The number of methoxy groups -OCH3 is 1. The number of ketones is 1. The van der Waals surface area contributed by atoms with Gasteiger partial charge in [0.1, 0.15) is 18.2 Å². The zero-order valence-corrected chi connectivity index (χ0v) is 17.3. The molecule has 1 aromatic heterocycles. The van der Waals surface area contributed by atoms with Crippen LogP contribution in [0.15, 0.2) is 0 Å². The smallest absolute Gasteiger partial charge is 0.215 e. The zero-order valence-electron chi connectivity index (χ0n) is 16.4. The lowest BCUT2D eigenvalue weighted by Gasteiger charge is -2.39. The monoisotopic (exact) mass is 396 g/mol. The van der Waals surface area contributed by atoms with Gasteiger partial charge in [-0.1, -0.05) is 13.8 Å². The van der Waals surface area contributed by atoms with Crippen LogP contribution in [0.5, 0.6) is 0 Å². The molecule has 3 atom stereocenters. The lowest BCUT2D eigenvalue weighted by Crippen LogP contribution is -2.49. The average molecular weight is 397 g/mol. The van der Waals surface area contributed by atoms with Gasteiger partial charge in [-0.2, -0.15) is 4.31 Å². The number of Topliss-reactive ketones (excluding diaryl/α,β-unsaturated/α-hetero) is 1. The van der Waals surface area contributed by atoms with Crippen molar-refractivity contribution in [1.82, 2.24) is 19.1 Å². The number of sulfonamides is 1. The second-order valence-electron chi connectivity index (χ2n) is 8.90. The minimum Gasteiger partial charge on any atom is -0.377 e. The number of aromatic nitrogens is 3. The van der Waals surface area contributed by atoms with Crippen LogP contribution < -0.4 is 0 Å². The van der Waals surface area contributed by atoms with Crippen molar-refractivity contribution in [2.75, 3.05) is 19.4 Å². The number of nitrogens with zero attached hydrogens (tertiary/aromatic N) is 4. The van der Waals surface area contributed by atoms with Crippen molar-refractivity contribution in [2.45, 2.75) is 59.2 Å². The molecule has 0 radical (unpaired) electrons. The summed E-state index contributed by atoms with van der Waals surface area (Å²) in [4.78, 5) is 12.7. The normalized spacial score (nSPS) is 32.8. The number of ether oxygens (including phenoxy) is 1. The zero-order chi connectivity index (χ0) is 19.6. The van der Waals surface area contributed by atoms with E-state index in [1.54, 1.807) is 7.11 Å². The van der Waals surface area contributed by atoms with Gasteiger partial charge in [-0.15, -0.1) is 10.2 Å². The summed E-state index contributed by atoms with van der Waals surface area (Å²) in [5.41, 5.74) is -1.00. The summed E-state index contributed by atoms with van der Waals surface area (Å²) < 4.78 is 35.3. The molecule has 2 bridgehead atoms. The molecule has 0 unspecified atom stereocenters. The van der Waals surface area contributed by atoms with Crippen molar-refractivity contribution in [3.05, 3.63) is 11.6 Å². The third kappa shape index (κ3) is 2.61. The SMILES string of the molecule is COCc1nnc2n1[C@@H](C)CN(S(=O)(=O)C[C@]13CC[C@H](CC1=O)C3(C)C)C2. The second kappa shape index (κ2) is 6.09. The van der Waals surface area contributed by atoms with Crippen LogP contribution in [0.4, 0.5) is 0 Å². The van der Waals surface area contributed by atoms with Crippen molar-refractivity contribution in [2.24, 2.45) is 16.7 Å². The van der Waals surface area contributed by atoms with Gasteiger partial charge in [0.15, 0.2) is 5.82 Å². The van der Waals surface area contributed by atoms with Crippen LogP contribution in [0.1, 0.15) is 57.7 Å². The van der Waals surface area contributed by atoms with Gasteiger partial charge in [0.25, 0.3) is 0 Å². The standard InChI is InChI=1S/C18H28N4O4S/c1-12-8-21(9-15-19-20-16(10-26-4)22(12)15)27(24,25)11-18-6-5-13(7-14(18)23)17(18,2)3/h12-13H,5-11H2,1-4H3/t12-,13+,18+/m0/s1. The van der Waals surface area contributed by atoms with Crippen LogP contribution in [0.3, 0.4) is 0 Å². The van der Waals surface area contributed by atoms with Crippen LogP contribution in [0.2, 0.25) is 0 Å². The minimum absolute atomic E-state index is 0.0789. The lowest BCUT2D eigenvalue weighted by molar-refractivity contribution is -0.128. The summed E-state index contributed by atoms with van der Waals surface area (Å²) in [6.45, 7) is 6.99. The summed E-state index contributed by atoms with van der Waals surface area (Å²) in [6.07, 6.45) is 2.15. The Morgan fingerprint density at radius 2 is 2.04 bits per heavy atom. The second-order valence-corrected chi connectivity index (χ2v) is 10.9. The quantitative estimate of drug-likeness (QED) is 0.749. The van der Waals surface area contributed by atoms with Crippen molar-refractivity contribution in [1.29, 1.82) is 0 Å². The Hall–Kier alpha value is -1.32. The van der Waals surface area contributed by atoms with E-state index in [1.807, 2.05) is 11.5 Å². The maximum atomic E-state index is 13.3. The van der Waals surface area contributed by atoms with Gasteiger partial charge in [0.2, 0.25) is 10.0 Å². The third-order valence-corrected chi connectivity index (χ3v) is 9.22. The van der Waals surface area contributed by atoms with E-state index in [-0.39, 0.29) is 29.5 Å². The number of rotatable bonds is 5. The van der Waals surface area contributed by atoms with Crippen LogP contribution in [0.25, 0.3) is 0 Å². The molecule has 0 spiro atoms. The first-order valence-electron chi connectivity index (χ1n) is 9.55. The highest BCUT2D eigenvalue weighted by Crippen LogP contribution is 2.64. The van der Waals surface area contributed by atoms with Gasteiger partial charge in [0.05, 0.1) is 12.3 Å². The molecule has 1 aromatic rings. The first kappa shape index (κ1) is 19.0. The van der Waals surface area contributed by atoms with E-state index >= 15 is 0 Å². The van der Waals surface area contributed by atoms with Crippen LogP contribution >= 0.6 is 0 Å². The number of carbonyl (C=O) groups is 1. The maximum absolute atomic E-state index is 13.3. The molecule has 0 N–H and O–H groups in total. The van der Waals surface area contributed by atoms with E-state index < -0.39 is 15.4 Å². The lowest BCUT2D eigenvalue weighted by atomic mass is 9.70. The molecule has 8 nitrogen and oxygen atoms in total. The molecule has 4 rings (SSSR count). The highest BCUT2D eigenvalue weighted by molar-refractivity contribution is 7.89. The first-order chi connectivity index (χ1) is 12.6. The molecule has 2 aliphatic carbocycles. The molecule has 0 aromatic carbocycles. The van der Waals surface area contributed by atoms with Crippen molar-refractivity contribution >= 4 is 15.8 Å². The highest BCUT2D eigenvalue weighted by atomic mass is 32.2. The summed E-state index contributed by atoms with van der Waals surface area (Å²) in [5.74, 6) is 1.68. The van der Waals surface area contributed by atoms with Crippen molar-refractivity contribution < 1.29 is 17.9 Å². The molecule has 2 heterocycles. The Balaban J connectivity index is 1.61. The molecule has 0 saturated heterocycles. The molecule has 2 fully saturated rings. The van der Waals surface area contributed by atoms with Gasteiger partial charge in [0, 0.05) is 31.5 Å². The maximum Gasteiger partial charge on any atom is 0.215 e. The van der Waals surface area contributed by atoms with Gasteiger partial charge in [-0.05, 0) is 31.1 Å². The fraction of sp³-hybridized carbons (Fsp3) is 0.833. The van der Waals surface area contributed by atoms with Gasteiger partial charge < -0.3 is 9.30 Å². The fourth-order valence-electron chi connectivity index (χ4n) is 5.53. The summed E-state index contributed by atoms with van der Waals surface area (Å²) >= 11 is 0. The fourth-order valence-corrected chi connectivity index (χ4v) is 7.76. The molecule has 1 aliphatic heterocycles. The van der Waals surface area contributed by atoms with E-state index in [9.17, 15) is 13.2 Å². The van der Waals surface area contributed by atoms with Gasteiger partial charge >= 0.3 is 0 Å². The van der Waals surface area contributed by atoms with Crippen molar-refractivity contribution in [3.63, 3.8) is 0 Å². The van der Waals surface area contributed by atoms with Gasteiger partial charge in [-0.3, -0.25) is 4.79 Å². The summed E-state index contributed by atoms with van der Waals surface area (Å²) in [7, 11) is -2.00. The largest absolute Gasteiger partial charge is 0.377 e. The Labute approximate surface area is 160 Å². The third-order valence-electron chi connectivity index (χ3n) is 7.30. The summed E-state index contributed by atoms with van der Waals surface area (Å²) in [6, 6.07) is -0.0789. The molecule has 9 heteroatoms.